The van der Waals surface area contributed by atoms with Crippen molar-refractivity contribution in [2.24, 2.45) is 0 Å². The van der Waals surface area contributed by atoms with Gasteiger partial charge in [0.1, 0.15) is 29.3 Å². The molecule has 12 nitrogen and oxygen atoms in total. The van der Waals surface area contributed by atoms with Crippen molar-refractivity contribution >= 4 is 41.8 Å². The maximum atomic E-state index is 12.5. The van der Waals surface area contributed by atoms with Crippen LogP contribution in [0.25, 0.3) is 0 Å². The van der Waals surface area contributed by atoms with Crippen molar-refractivity contribution in [1.82, 2.24) is 16.0 Å². The van der Waals surface area contributed by atoms with Gasteiger partial charge >= 0.3 is 24.1 Å². The lowest BCUT2D eigenvalue weighted by atomic mass is 10.1. The van der Waals surface area contributed by atoms with Gasteiger partial charge in [0.15, 0.2) is 0 Å². The molecule has 0 saturated carbocycles. The lowest BCUT2D eigenvalue weighted by Gasteiger charge is -2.23. The van der Waals surface area contributed by atoms with Crippen molar-refractivity contribution in [2.45, 2.75) is 97.1 Å². The van der Waals surface area contributed by atoms with Crippen molar-refractivity contribution < 1.29 is 42.9 Å². The van der Waals surface area contributed by atoms with Crippen molar-refractivity contribution in [3.8, 4) is 0 Å². The second-order valence-electron chi connectivity index (χ2n) is 10.2. The third kappa shape index (κ3) is 16.6. The highest BCUT2D eigenvalue weighted by Crippen LogP contribution is 2.13. The molecule has 0 aromatic rings. The summed E-state index contributed by atoms with van der Waals surface area (Å²) in [5, 5.41) is 7.53. The molecule has 37 heavy (non-hydrogen) atoms. The zero-order valence-electron chi connectivity index (χ0n) is 23.4. The van der Waals surface area contributed by atoms with E-state index in [9.17, 15) is 24.0 Å². The molecule has 0 rings (SSSR count). The fraction of sp³-hybridized carbons (Fsp3) is 0.792. The average molecular weight is 550 g/mol. The van der Waals surface area contributed by atoms with Crippen LogP contribution in [-0.2, 0) is 33.3 Å². The fourth-order valence-electron chi connectivity index (χ4n) is 2.75. The second-order valence-corrected chi connectivity index (χ2v) is 11.4. The SMILES string of the molecule is COC(=O)[C@H](CCCCSC[C@H](NC(=O)[C@H](C)NC(=O)OC(C)(C)C)C(=O)OC)NC(=O)OC(C)(C)C. The molecule has 0 bridgehead atoms. The lowest BCUT2D eigenvalue weighted by molar-refractivity contribution is -0.144. The van der Waals surface area contributed by atoms with E-state index in [4.69, 9.17) is 18.9 Å². The van der Waals surface area contributed by atoms with Gasteiger partial charge in [-0.15, -0.1) is 0 Å². The Morgan fingerprint density at radius 1 is 0.730 bits per heavy atom. The van der Waals surface area contributed by atoms with Crippen molar-refractivity contribution in [2.75, 3.05) is 25.7 Å². The molecule has 0 aromatic heterocycles. The van der Waals surface area contributed by atoms with E-state index in [0.717, 1.165) is 0 Å². The molecule has 0 aliphatic heterocycles. The molecule has 3 amide bonds. The Hall–Kier alpha value is -2.70. The number of thioether (sulfide) groups is 1. The normalized spacial score (nSPS) is 13.9. The number of carbonyl (C=O) groups is 5. The van der Waals surface area contributed by atoms with E-state index in [1.54, 1.807) is 41.5 Å². The summed E-state index contributed by atoms with van der Waals surface area (Å²) in [6, 6.07) is -2.69. The number of nitrogens with one attached hydrogen (secondary N) is 3. The highest BCUT2D eigenvalue weighted by molar-refractivity contribution is 7.99. The van der Waals surface area contributed by atoms with Crippen LogP contribution in [-0.4, -0.2) is 85.1 Å². The first-order chi connectivity index (χ1) is 17.0. The Morgan fingerprint density at radius 3 is 1.70 bits per heavy atom. The number of hydrogen-bond acceptors (Lipinski definition) is 10. The minimum Gasteiger partial charge on any atom is -0.467 e. The lowest BCUT2D eigenvalue weighted by Crippen LogP contribution is -2.52. The van der Waals surface area contributed by atoms with Crippen molar-refractivity contribution in [3.05, 3.63) is 0 Å². The van der Waals surface area contributed by atoms with Crippen LogP contribution >= 0.6 is 11.8 Å². The quantitative estimate of drug-likeness (QED) is 0.177. The summed E-state index contributed by atoms with van der Waals surface area (Å²) in [4.78, 5) is 60.5. The molecular formula is C24H43N3O9S. The van der Waals surface area contributed by atoms with Gasteiger partial charge in [-0.3, -0.25) is 4.79 Å². The van der Waals surface area contributed by atoms with Crippen LogP contribution in [0.2, 0.25) is 0 Å². The summed E-state index contributed by atoms with van der Waals surface area (Å²) >= 11 is 1.41. The maximum absolute atomic E-state index is 12.5. The van der Waals surface area contributed by atoms with Gasteiger partial charge in [0.05, 0.1) is 14.2 Å². The molecule has 0 unspecified atom stereocenters. The van der Waals surface area contributed by atoms with Gasteiger partial charge in [-0.25, -0.2) is 19.2 Å². The Kier molecular flexibility index (Phi) is 15.0. The predicted octanol–water partition coefficient (Wildman–Crippen LogP) is 2.53. The first-order valence-corrected chi connectivity index (χ1v) is 13.2. The molecule has 0 aromatic carbocycles. The summed E-state index contributed by atoms with van der Waals surface area (Å²) in [5.41, 5.74) is -1.41. The molecule has 3 N–H and O–H groups in total. The molecule has 0 radical (unpaired) electrons. The maximum Gasteiger partial charge on any atom is 0.408 e. The molecule has 0 spiro atoms. The Balaban J connectivity index is 4.65. The summed E-state index contributed by atoms with van der Waals surface area (Å²) < 4.78 is 19.9. The number of esters is 2. The van der Waals surface area contributed by atoms with E-state index in [0.29, 0.717) is 25.0 Å². The van der Waals surface area contributed by atoms with E-state index >= 15 is 0 Å². The number of rotatable bonds is 13. The minimum atomic E-state index is -0.931. The molecule has 0 heterocycles. The van der Waals surface area contributed by atoms with Gasteiger partial charge in [0.25, 0.3) is 0 Å². The van der Waals surface area contributed by atoms with E-state index < -0.39 is 59.4 Å². The van der Waals surface area contributed by atoms with Crippen LogP contribution in [0.4, 0.5) is 9.59 Å². The van der Waals surface area contributed by atoms with E-state index in [-0.39, 0.29) is 5.75 Å². The van der Waals surface area contributed by atoms with E-state index in [1.165, 1.54) is 32.9 Å². The first-order valence-electron chi connectivity index (χ1n) is 12.0. The summed E-state index contributed by atoms with van der Waals surface area (Å²) in [6.07, 6.45) is 0.161. The standard InChI is InChI=1S/C24H43N3O9S/c1-15(25-21(31)35-23(2,3)4)18(28)26-17(20(30)34-9)14-37-13-11-10-12-16(19(29)33-8)27-22(32)36-24(5,6)7/h15-17H,10-14H2,1-9H3,(H,25,31)(H,26,28)(H,27,32)/t15-,16-,17-/m0/s1. The molecule has 0 aliphatic rings. The topological polar surface area (TPSA) is 158 Å². The number of hydrogen-bond donors (Lipinski definition) is 3. The van der Waals surface area contributed by atoms with Crippen LogP contribution in [0.3, 0.4) is 0 Å². The monoisotopic (exact) mass is 549 g/mol. The Bertz CT molecular complexity index is 778. The third-order valence-corrected chi connectivity index (χ3v) is 5.57. The van der Waals surface area contributed by atoms with Crippen molar-refractivity contribution in [1.29, 1.82) is 0 Å². The molecule has 0 fully saturated rings. The number of unbranched alkanes of at least 4 members (excludes halogenated alkanes) is 1. The van der Waals surface area contributed by atoms with Crippen LogP contribution in [0, 0.1) is 0 Å². The Morgan fingerprint density at radius 2 is 1.22 bits per heavy atom. The molecule has 13 heteroatoms. The molecule has 3 atom stereocenters. The number of ether oxygens (including phenoxy) is 4. The summed E-state index contributed by atoms with van der Waals surface area (Å²) in [6.45, 7) is 11.8. The number of alkyl carbamates (subject to hydrolysis) is 2. The molecular weight excluding hydrogens is 506 g/mol. The second kappa shape index (κ2) is 16.2. The van der Waals surface area contributed by atoms with E-state index in [2.05, 4.69) is 16.0 Å². The van der Waals surface area contributed by atoms with Gasteiger partial charge in [0, 0.05) is 5.75 Å². The van der Waals surface area contributed by atoms with Gasteiger partial charge in [-0.2, -0.15) is 11.8 Å². The summed E-state index contributed by atoms with van der Waals surface area (Å²) in [5.74, 6) is -0.876. The van der Waals surface area contributed by atoms with Gasteiger partial charge < -0.3 is 34.9 Å². The van der Waals surface area contributed by atoms with Crippen LogP contribution in [0.5, 0.6) is 0 Å². The van der Waals surface area contributed by atoms with Gasteiger partial charge in [0.2, 0.25) is 5.91 Å². The average Bonchev–Trinajstić information content (AvgIpc) is 2.75. The Labute approximate surface area is 223 Å². The zero-order valence-corrected chi connectivity index (χ0v) is 24.2. The third-order valence-electron chi connectivity index (χ3n) is 4.42. The highest BCUT2D eigenvalue weighted by Gasteiger charge is 2.27. The van der Waals surface area contributed by atoms with Gasteiger partial charge in [-0.1, -0.05) is 0 Å². The molecule has 0 aliphatic carbocycles. The van der Waals surface area contributed by atoms with Crippen LogP contribution in [0.15, 0.2) is 0 Å². The largest absolute Gasteiger partial charge is 0.467 e. The minimum absolute atomic E-state index is 0.244. The number of amides is 3. The number of carbonyl (C=O) groups excluding carboxylic acids is 5. The fourth-order valence-corrected chi connectivity index (χ4v) is 3.78. The highest BCUT2D eigenvalue weighted by atomic mass is 32.2. The number of methoxy groups -OCH3 is 2. The van der Waals surface area contributed by atoms with E-state index in [1.807, 2.05) is 0 Å². The predicted molar refractivity (Wildman–Crippen MR) is 139 cm³/mol. The zero-order chi connectivity index (χ0) is 28.8. The first kappa shape index (κ1) is 34.3. The summed E-state index contributed by atoms with van der Waals surface area (Å²) in [7, 11) is 2.46. The van der Waals surface area contributed by atoms with Crippen molar-refractivity contribution in [3.63, 3.8) is 0 Å². The van der Waals surface area contributed by atoms with Crippen LogP contribution in [0.1, 0.15) is 67.7 Å². The van der Waals surface area contributed by atoms with Gasteiger partial charge in [-0.05, 0) is 73.5 Å². The smallest absolute Gasteiger partial charge is 0.408 e. The molecule has 0 saturated heterocycles. The van der Waals surface area contributed by atoms with Crippen LogP contribution < -0.4 is 16.0 Å². The molecule has 214 valence electrons.